The van der Waals surface area contributed by atoms with Gasteiger partial charge >= 0.3 is 0 Å². The molecule has 4 aromatic rings. The zero-order valence-corrected chi connectivity index (χ0v) is 21.7. The number of carbonyl (C=O) groups is 3. The smallest absolute Gasteiger partial charge is 0.251 e. The molecule has 2 aromatic carbocycles. The Morgan fingerprint density at radius 1 is 1.00 bits per heavy atom. The van der Waals surface area contributed by atoms with Gasteiger partial charge in [-0.1, -0.05) is 49.6 Å². The fraction of sp³-hybridized carbons (Fsp3) is 0.310. The number of amides is 2. The first kappa shape index (κ1) is 26.0. The number of benzene rings is 2. The monoisotopic (exact) mass is 526 g/mol. The van der Waals surface area contributed by atoms with Crippen molar-refractivity contribution in [2.45, 2.75) is 57.7 Å². The van der Waals surface area contributed by atoms with Gasteiger partial charge in [0.25, 0.3) is 11.8 Å². The number of furan rings is 1. The number of ketones is 1. The summed E-state index contributed by atoms with van der Waals surface area (Å²) in [5.41, 5.74) is 1.71. The van der Waals surface area contributed by atoms with Crippen molar-refractivity contribution < 1.29 is 18.8 Å². The van der Waals surface area contributed by atoms with Crippen LogP contribution < -0.4 is 10.2 Å². The van der Waals surface area contributed by atoms with Gasteiger partial charge in [-0.3, -0.25) is 19.3 Å². The van der Waals surface area contributed by atoms with Crippen molar-refractivity contribution in [2.24, 2.45) is 0 Å². The molecule has 1 saturated carbocycles. The van der Waals surface area contributed by atoms with E-state index in [1.165, 1.54) is 22.9 Å². The number of hydrogen-bond acceptors (Lipinski definition) is 7. The summed E-state index contributed by atoms with van der Waals surface area (Å²) in [5.74, 6) is -0.167. The molecular formula is C29H30N6O4. The Morgan fingerprint density at radius 2 is 1.74 bits per heavy atom. The lowest BCUT2D eigenvalue weighted by atomic mass is 9.95. The lowest BCUT2D eigenvalue weighted by Gasteiger charge is -2.32. The van der Waals surface area contributed by atoms with Gasteiger partial charge in [-0.15, -0.1) is 10.2 Å². The lowest BCUT2D eigenvalue weighted by molar-refractivity contribution is -0.128. The van der Waals surface area contributed by atoms with Gasteiger partial charge in [-0.05, 0) is 61.4 Å². The molecule has 2 amide bonds. The summed E-state index contributed by atoms with van der Waals surface area (Å²) < 4.78 is 5.67. The Morgan fingerprint density at radius 3 is 2.41 bits per heavy atom. The summed E-state index contributed by atoms with van der Waals surface area (Å²) in [6, 6.07) is 18.2. The molecule has 2 aromatic heterocycles. The molecule has 0 aliphatic heterocycles. The minimum absolute atomic E-state index is 0.0335. The van der Waals surface area contributed by atoms with E-state index in [9.17, 15) is 14.4 Å². The largest absolute Gasteiger partial charge is 0.467 e. The van der Waals surface area contributed by atoms with Crippen LogP contribution in [0.4, 0.5) is 5.69 Å². The highest BCUT2D eigenvalue weighted by Gasteiger charge is 2.36. The van der Waals surface area contributed by atoms with Crippen molar-refractivity contribution in [3.8, 4) is 11.4 Å². The zero-order chi connectivity index (χ0) is 27.2. The van der Waals surface area contributed by atoms with Gasteiger partial charge in [-0.25, -0.2) is 0 Å². The quantitative estimate of drug-likeness (QED) is 0.322. The second-order valence-electron chi connectivity index (χ2n) is 9.64. The SMILES string of the molecule is CC(=O)c1ccc(N(C(=O)Cn2nnc(-c3ccccc3)n2)C(C(=O)NC2CCCCC2)c2ccco2)cc1. The van der Waals surface area contributed by atoms with Crippen molar-refractivity contribution >= 4 is 23.3 Å². The van der Waals surface area contributed by atoms with E-state index in [1.807, 2.05) is 30.3 Å². The molecule has 1 aliphatic carbocycles. The van der Waals surface area contributed by atoms with Gasteiger partial charge in [0.05, 0.1) is 6.26 Å². The molecule has 0 bridgehead atoms. The minimum Gasteiger partial charge on any atom is -0.467 e. The van der Waals surface area contributed by atoms with Crippen molar-refractivity contribution in [1.29, 1.82) is 0 Å². The fourth-order valence-electron chi connectivity index (χ4n) is 4.85. The molecule has 39 heavy (non-hydrogen) atoms. The van der Waals surface area contributed by atoms with Gasteiger partial charge in [-0.2, -0.15) is 4.80 Å². The number of anilines is 1. The highest BCUT2D eigenvalue weighted by Crippen LogP contribution is 2.30. The number of nitrogens with one attached hydrogen (secondary N) is 1. The summed E-state index contributed by atoms with van der Waals surface area (Å²) >= 11 is 0. The summed E-state index contributed by atoms with van der Waals surface area (Å²) in [6.07, 6.45) is 6.51. The Balaban J connectivity index is 1.48. The van der Waals surface area contributed by atoms with Crippen molar-refractivity contribution in [3.05, 3.63) is 84.3 Å². The van der Waals surface area contributed by atoms with Crippen molar-refractivity contribution in [3.63, 3.8) is 0 Å². The van der Waals surface area contributed by atoms with Gasteiger partial charge < -0.3 is 9.73 Å². The molecule has 10 nitrogen and oxygen atoms in total. The second kappa shape index (κ2) is 11.8. The second-order valence-corrected chi connectivity index (χ2v) is 9.64. The van der Waals surface area contributed by atoms with Crippen LogP contribution in [0.25, 0.3) is 11.4 Å². The predicted molar refractivity (Wildman–Crippen MR) is 144 cm³/mol. The first-order valence-electron chi connectivity index (χ1n) is 13.1. The van der Waals surface area contributed by atoms with Crippen molar-refractivity contribution in [1.82, 2.24) is 25.5 Å². The lowest BCUT2D eigenvalue weighted by Crippen LogP contribution is -2.48. The van der Waals surface area contributed by atoms with Crippen LogP contribution in [-0.2, 0) is 16.1 Å². The van der Waals surface area contributed by atoms with Crippen LogP contribution in [0.5, 0.6) is 0 Å². The summed E-state index contributed by atoms with van der Waals surface area (Å²) in [6.45, 7) is 1.21. The highest BCUT2D eigenvalue weighted by molar-refractivity contribution is 6.01. The first-order valence-corrected chi connectivity index (χ1v) is 13.1. The Labute approximate surface area is 226 Å². The molecule has 1 fully saturated rings. The average molecular weight is 527 g/mol. The number of carbonyl (C=O) groups excluding carboxylic acids is 3. The van der Waals surface area contributed by atoms with E-state index in [1.54, 1.807) is 36.4 Å². The molecule has 5 rings (SSSR count). The molecule has 1 unspecified atom stereocenters. The maximum atomic E-state index is 13.9. The predicted octanol–water partition coefficient (Wildman–Crippen LogP) is 4.36. The van der Waals surface area contributed by atoms with Crippen LogP contribution in [0.15, 0.2) is 77.4 Å². The van der Waals surface area contributed by atoms with Crippen LogP contribution in [0, 0.1) is 0 Å². The van der Waals surface area contributed by atoms with Crippen LogP contribution in [0.1, 0.15) is 61.2 Å². The molecule has 2 heterocycles. The normalized spacial score (nSPS) is 14.5. The van der Waals surface area contributed by atoms with Crippen LogP contribution >= 0.6 is 0 Å². The van der Waals surface area contributed by atoms with Gasteiger partial charge in [0.2, 0.25) is 5.82 Å². The maximum absolute atomic E-state index is 13.9. The van der Waals surface area contributed by atoms with E-state index >= 15 is 0 Å². The van der Waals surface area contributed by atoms with Crippen LogP contribution in [0.2, 0.25) is 0 Å². The van der Waals surface area contributed by atoms with Gasteiger partial charge in [0.15, 0.2) is 11.8 Å². The minimum atomic E-state index is -1.07. The molecular weight excluding hydrogens is 496 g/mol. The maximum Gasteiger partial charge on any atom is 0.251 e. The molecule has 0 radical (unpaired) electrons. The molecule has 0 spiro atoms. The summed E-state index contributed by atoms with van der Waals surface area (Å²) in [7, 11) is 0. The number of rotatable bonds is 9. The fourth-order valence-corrected chi connectivity index (χ4v) is 4.85. The van der Waals surface area contributed by atoms with E-state index in [2.05, 4.69) is 20.7 Å². The Kier molecular flexibility index (Phi) is 7.91. The van der Waals surface area contributed by atoms with E-state index in [0.29, 0.717) is 22.8 Å². The van der Waals surface area contributed by atoms with Crippen LogP contribution in [-0.4, -0.2) is 43.8 Å². The first-order chi connectivity index (χ1) is 19.0. The molecule has 0 saturated heterocycles. The molecule has 10 heteroatoms. The number of Topliss-reactive ketones (excluding diaryl/α,β-unsaturated/α-hetero) is 1. The Bertz CT molecular complexity index is 1410. The number of hydrogen-bond donors (Lipinski definition) is 1. The van der Waals surface area contributed by atoms with Crippen molar-refractivity contribution in [2.75, 3.05) is 4.90 Å². The van der Waals surface area contributed by atoms with Crippen LogP contribution in [0.3, 0.4) is 0 Å². The number of tetrazole rings is 1. The molecule has 1 N–H and O–H groups in total. The third-order valence-electron chi connectivity index (χ3n) is 6.85. The van der Waals surface area contributed by atoms with E-state index in [-0.39, 0.29) is 24.3 Å². The molecule has 200 valence electrons. The van der Waals surface area contributed by atoms with E-state index in [4.69, 9.17) is 4.42 Å². The molecule has 1 aliphatic rings. The number of nitrogens with zero attached hydrogens (tertiary/aromatic N) is 5. The third kappa shape index (κ3) is 6.11. The zero-order valence-electron chi connectivity index (χ0n) is 21.7. The summed E-state index contributed by atoms with van der Waals surface area (Å²) in [4.78, 5) is 42.2. The highest BCUT2D eigenvalue weighted by atomic mass is 16.3. The van der Waals surface area contributed by atoms with E-state index < -0.39 is 11.9 Å². The van der Waals surface area contributed by atoms with Gasteiger partial charge in [0, 0.05) is 22.9 Å². The standard InChI is InChI=1S/C29H30N6O4/c1-20(36)21-14-16-24(17-15-21)35(26(37)19-34-32-28(31-33-34)22-9-4-2-5-10-22)27(25-13-8-18-39-25)29(38)30-23-11-6-3-7-12-23/h2,4-5,8-10,13-18,23,27H,3,6-7,11-12,19H2,1H3,(H,30,38). The third-order valence-corrected chi connectivity index (χ3v) is 6.85. The Hall–Kier alpha value is -4.60. The van der Waals surface area contributed by atoms with Gasteiger partial charge in [0.1, 0.15) is 12.3 Å². The average Bonchev–Trinajstić information content (AvgIpc) is 3.65. The topological polar surface area (TPSA) is 123 Å². The summed E-state index contributed by atoms with van der Waals surface area (Å²) in [5, 5.41) is 15.7. The van der Waals surface area contributed by atoms with E-state index in [0.717, 1.165) is 37.7 Å². The number of aromatic nitrogens is 4. The molecule has 1 atom stereocenters.